The van der Waals surface area contributed by atoms with Crippen molar-refractivity contribution < 1.29 is 4.74 Å². The third kappa shape index (κ3) is 1.48. The quantitative estimate of drug-likeness (QED) is 0.485. The molecular formula is C10H16O. The van der Waals surface area contributed by atoms with Crippen molar-refractivity contribution in [1.82, 2.24) is 0 Å². The van der Waals surface area contributed by atoms with Crippen LogP contribution in [0.4, 0.5) is 0 Å². The molecule has 0 atom stereocenters. The summed E-state index contributed by atoms with van der Waals surface area (Å²) in [5.41, 5.74) is 0.552. The van der Waals surface area contributed by atoms with E-state index in [4.69, 9.17) is 4.74 Å². The lowest BCUT2D eigenvalue weighted by Gasteiger charge is -2.36. The smallest absolute Gasteiger partial charge is 0.0474 e. The lowest BCUT2D eigenvalue weighted by Crippen LogP contribution is -2.28. The predicted octanol–water partition coefficient (Wildman–Crippen LogP) is 2.52. The second-order valence-electron chi connectivity index (χ2n) is 3.77. The van der Waals surface area contributed by atoms with Crippen molar-refractivity contribution in [3.8, 4) is 0 Å². The first kappa shape index (κ1) is 7.35. The van der Waals surface area contributed by atoms with E-state index in [1.807, 2.05) is 0 Å². The first-order chi connectivity index (χ1) is 5.41. The van der Waals surface area contributed by atoms with Crippen molar-refractivity contribution in [3.05, 3.63) is 12.2 Å². The van der Waals surface area contributed by atoms with Crippen LogP contribution in [0.25, 0.3) is 0 Å². The maximum absolute atomic E-state index is 5.36. The van der Waals surface area contributed by atoms with Gasteiger partial charge < -0.3 is 4.74 Å². The molecule has 1 aliphatic heterocycles. The van der Waals surface area contributed by atoms with Crippen LogP contribution >= 0.6 is 0 Å². The van der Waals surface area contributed by atoms with Gasteiger partial charge in [0, 0.05) is 13.2 Å². The molecule has 0 radical (unpaired) electrons. The molecule has 1 heteroatoms. The van der Waals surface area contributed by atoms with E-state index in [0.717, 1.165) is 13.2 Å². The molecule has 1 heterocycles. The minimum Gasteiger partial charge on any atom is -0.381 e. The summed E-state index contributed by atoms with van der Waals surface area (Å²) in [4.78, 5) is 0. The van der Waals surface area contributed by atoms with Gasteiger partial charge in [0.25, 0.3) is 0 Å². The molecule has 0 aromatic rings. The summed E-state index contributed by atoms with van der Waals surface area (Å²) in [7, 11) is 0. The molecule has 0 unspecified atom stereocenters. The van der Waals surface area contributed by atoms with Crippen molar-refractivity contribution in [2.24, 2.45) is 5.41 Å². The van der Waals surface area contributed by atoms with Crippen LogP contribution in [0.1, 0.15) is 32.1 Å². The third-order valence-corrected chi connectivity index (χ3v) is 3.01. The molecule has 1 fully saturated rings. The maximum Gasteiger partial charge on any atom is 0.0474 e. The lowest BCUT2D eigenvalue weighted by molar-refractivity contribution is 0.0310. The second-order valence-corrected chi connectivity index (χ2v) is 3.77. The first-order valence-electron chi connectivity index (χ1n) is 4.67. The van der Waals surface area contributed by atoms with Crippen LogP contribution < -0.4 is 0 Å². The predicted molar refractivity (Wildman–Crippen MR) is 45.5 cm³/mol. The van der Waals surface area contributed by atoms with E-state index in [1.54, 1.807) is 0 Å². The van der Waals surface area contributed by atoms with Gasteiger partial charge in [0.2, 0.25) is 0 Å². The van der Waals surface area contributed by atoms with E-state index >= 15 is 0 Å². The van der Waals surface area contributed by atoms with Gasteiger partial charge in [-0.25, -0.2) is 0 Å². The van der Waals surface area contributed by atoms with Crippen molar-refractivity contribution >= 4 is 0 Å². The third-order valence-electron chi connectivity index (χ3n) is 3.01. The zero-order chi connectivity index (χ0) is 7.57. The number of hydrogen-bond donors (Lipinski definition) is 0. The van der Waals surface area contributed by atoms with Crippen molar-refractivity contribution in [2.75, 3.05) is 13.2 Å². The van der Waals surface area contributed by atoms with E-state index < -0.39 is 0 Å². The van der Waals surface area contributed by atoms with Crippen LogP contribution in [0, 0.1) is 5.41 Å². The largest absolute Gasteiger partial charge is 0.381 e. The number of allylic oxidation sites excluding steroid dienone is 2. The Morgan fingerprint density at radius 1 is 1.09 bits per heavy atom. The molecule has 1 aliphatic carbocycles. The molecule has 2 aliphatic rings. The van der Waals surface area contributed by atoms with E-state index in [2.05, 4.69) is 12.2 Å². The summed E-state index contributed by atoms with van der Waals surface area (Å²) < 4.78 is 5.36. The Morgan fingerprint density at radius 3 is 2.55 bits per heavy atom. The van der Waals surface area contributed by atoms with Crippen LogP contribution in [0.15, 0.2) is 12.2 Å². The molecule has 0 aromatic carbocycles. The fraction of sp³-hybridized carbons (Fsp3) is 0.800. The molecule has 0 bridgehead atoms. The average molecular weight is 152 g/mol. The van der Waals surface area contributed by atoms with Crippen molar-refractivity contribution in [2.45, 2.75) is 32.1 Å². The highest BCUT2D eigenvalue weighted by atomic mass is 16.5. The Balaban J connectivity index is 2.06. The normalized spacial score (nSPS) is 29.1. The average Bonchev–Trinajstić information content (AvgIpc) is 2.07. The van der Waals surface area contributed by atoms with Gasteiger partial charge in [-0.05, 0) is 37.5 Å². The van der Waals surface area contributed by atoms with Crippen LogP contribution in [0.3, 0.4) is 0 Å². The van der Waals surface area contributed by atoms with Gasteiger partial charge in [-0.1, -0.05) is 12.2 Å². The van der Waals surface area contributed by atoms with Gasteiger partial charge in [-0.3, -0.25) is 0 Å². The summed E-state index contributed by atoms with van der Waals surface area (Å²) in [5.74, 6) is 0. The Hall–Kier alpha value is -0.300. The molecular weight excluding hydrogens is 136 g/mol. The highest BCUT2D eigenvalue weighted by Gasteiger charge is 2.30. The summed E-state index contributed by atoms with van der Waals surface area (Å²) >= 11 is 0. The Kier molecular flexibility index (Phi) is 1.99. The first-order valence-corrected chi connectivity index (χ1v) is 4.67. The van der Waals surface area contributed by atoms with Crippen LogP contribution in [0.5, 0.6) is 0 Å². The number of rotatable bonds is 0. The van der Waals surface area contributed by atoms with Gasteiger partial charge in [0.05, 0.1) is 0 Å². The molecule has 0 aromatic heterocycles. The molecule has 0 N–H and O–H groups in total. The standard InChI is InChI=1S/C10H16O/c1-2-4-10(5-3-1)6-8-11-9-7-10/h2,4H,1,3,5-9H2. The molecule has 1 nitrogen and oxygen atoms in total. The SMILES string of the molecule is C1=CC2(CCC1)CCOCC2. The molecule has 62 valence electrons. The second kappa shape index (κ2) is 2.98. The molecule has 0 amide bonds. The Morgan fingerprint density at radius 2 is 1.91 bits per heavy atom. The Labute approximate surface area is 68.4 Å². The fourth-order valence-electron chi connectivity index (χ4n) is 2.18. The zero-order valence-corrected chi connectivity index (χ0v) is 7.01. The Bertz CT molecular complexity index is 154. The summed E-state index contributed by atoms with van der Waals surface area (Å²) in [5, 5.41) is 0. The number of hydrogen-bond acceptors (Lipinski definition) is 1. The summed E-state index contributed by atoms with van der Waals surface area (Å²) in [6.45, 7) is 1.95. The minimum absolute atomic E-state index is 0.552. The monoisotopic (exact) mass is 152 g/mol. The molecule has 1 spiro atoms. The summed E-state index contributed by atoms with van der Waals surface area (Å²) in [6.07, 6.45) is 11.4. The van der Waals surface area contributed by atoms with Gasteiger partial charge in [0.1, 0.15) is 0 Å². The van der Waals surface area contributed by atoms with E-state index in [9.17, 15) is 0 Å². The van der Waals surface area contributed by atoms with Gasteiger partial charge >= 0.3 is 0 Å². The van der Waals surface area contributed by atoms with E-state index in [1.165, 1.54) is 32.1 Å². The topological polar surface area (TPSA) is 9.23 Å². The number of ether oxygens (including phenoxy) is 1. The highest BCUT2D eigenvalue weighted by molar-refractivity contribution is 5.04. The molecule has 0 saturated carbocycles. The van der Waals surface area contributed by atoms with Crippen molar-refractivity contribution in [1.29, 1.82) is 0 Å². The van der Waals surface area contributed by atoms with Crippen molar-refractivity contribution in [3.63, 3.8) is 0 Å². The maximum atomic E-state index is 5.36. The molecule has 11 heavy (non-hydrogen) atoms. The van der Waals surface area contributed by atoms with Crippen LogP contribution in [-0.4, -0.2) is 13.2 Å². The van der Waals surface area contributed by atoms with Crippen LogP contribution in [-0.2, 0) is 4.74 Å². The highest BCUT2D eigenvalue weighted by Crippen LogP contribution is 2.39. The van der Waals surface area contributed by atoms with Gasteiger partial charge in [-0.15, -0.1) is 0 Å². The zero-order valence-electron chi connectivity index (χ0n) is 7.01. The minimum atomic E-state index is 0.552. The van der Waals surface area contributed by atoms with Gasteiger partial charge in [-0.2, -0.15) is 0 Å². The fourth-order valence-corrected chi connectivity index (χ4v) is 2.18. The lowest BCUT2D eigenvalue weighted by atomic mass is 9.73. The van der Waals surface area contributed by atoms with E-state index in [-0.39, 0.29) is 0 Å². The molecule has 1 saturated heterocycles. The summed E-state index contributed by atoms with van der Waals surface area (Å²) in [6, 6.07) is 0. The van der Waals surface area contributed by atoms with Gasteiger partial charge in [0.15, 0.2) is 0 Å². The van der Waals surface area contributed by atoms with Crippen LogP contribution in [0.2, 0.25) is 0 Å². The molecule has 2 rings (SSSR count). The van der Waals surface area contributed by atoms with E-state index in [0.29, 0.717) is 5.41 Å².